The average Bonchev–Trinajstić information content (AvgIpc) is 2.37. The number of nitro benzene ring substituents is 1. The Hall–Kier alpha value is -2.11. The van der Waals surface area contributed by atoms with Gasteiger partial charge in [-0.05, 0) is 19.1 Å². The summed E-state index contributed by atoms with van der Waals surface area (Å²) in [6.07, 6.45) is -0.463. The van der Waals surface area contributed by atoms with Gasteiger partial charge in [-0.25, -0.2) is 0 Å². The molecule has 0 amide bonds. The molecule has 0 fully saturated rings. The Morgan fingerprint density at radius 3 is 2.67 bits per heavy atom. The summed E-state index contributed by atoms with van der Waals surface area (Å²) in [6, 6.07) is 4.34. The topological polar surface area (TPSA) is 78.7 Å². The molecule has 98 valence electrons. The number of esters is 1. The smallest absolute Gasteiger partial charge is 0.306 e. The molecule has 0 aliphatic carbocycles. The van der Waals surface area contributed by atoms with Gasteiger partial charge in [0, 0.05) is 12.5 Å². The van der Waals surface area contributed by atoms with E-state index in [9.17, 15) is 14.9 Å². The number of nitrogens with zero attached hydrogens (tertiary/aromatic N) is 1. The SMILES string of the molecule is CCC(=O)OC(C)c1cc(OC)ccc1[N+](=O)[O-]. The summed E-state index contributed by atoms with van der Waals surface area (Å²) in [6.45, 7) is 3.25. The molecule has 0 heterocycles. The van der Waals surface area contributed by atoms with E-state index in [-0.39, 0.29) is 12.1 Å². The number of carbonyl (C=O) groups excluding carboxylic acids is 1. The van der Waals surface area contributed by atoms with Crippen molar-refractivity contribution in [2.24, 2.45) is 0 Å². The third-order valence-corrected chi connectivity index (χ3v) is 2.47. The van der Waals surface area contributed by atoms with E-state index in [1.165, 1.54) is 25.3 Å². The van der Waals surface area contributed by atoms with E-state index in [2.05, 4.69) is 0 Å². The maximum Gasteiger partial charge on any atom is 0.306 e. The number of nitro groups is 1. The van der Waals surface area contributed by atoms with Crippen molar-refractivity contribution in [3.8, 4) is 5.75 Å². The summed E-state index contributed by atoms with van der Waals surface area (Å²) in [7, 11) is 1.47. The zero-order valence-corrected chi connectivity index (χ0v) is 10.5. The lowest BCUT2D eigenvalue weighted by Crippen LogP contribution is -2.09. The third-order valence-electron chi connectivity index (χ3n) is 2.47. The van der Waals surface area contributed by atoms with Crippen molar-refractivity contribution in [1.29, 1.82) is 0 Å². The van der Waals surface area contributed by atoms with Crippen LogP contribution in [0.15, 0.2) is 18.2 Å². The summed E-state index contributed by atoms with van der Waals surface area (Å²) >= 11 is 0. The average molecular weight is 253 g/mol. The van der Waals surface area contributed by atoms with Crippen molar-refractivity contribution in [3.05, 3.63) is 33.9 Å². The number of hydrogen-bond donors (Lipinski definition) is 0. The Morgan fingerprint density at radius 2 is 2.17 bits per heavy atom. The van der Waals surface area contributed by atoms with E-state index >= 15 is 0 Å². The fourth-order valence-electron chi connectivity index (χ4n) is 1.50. The number of ether oxygens (including phenoxy) is 2. The van der Waals surface area contributed by atoms with Gasteiger partial charge in [-0.3, -0.25) is 14.9 Å². The Kier molecular flexibility index (Phi) is 4.65. The van der Waals surface area contributed by atoms with E-state index in [0.29, 0.717) is 11.3 Å². The molecular weight excluding hydrogens is 238 g/mol. The fraction of sp³-hybridized carbons (Fsp3) is 0.417. The summed E-state index contributed by atoms with van der Waals surface area (Å²) in [4.78, 5) is 21.6. The van der Waals surface area contributed by atoms with Crippen LogP contribution >= 0.6 is 0 Å². The lowest BCUT2D eigenvalue weighted by Gasteiger charge is -2.14. The first kappa shape index (κ1) is 14.0. The van der Waals surface area contributed by atoms with E-state index < -0.39 is 17.0 Å². The summed E-state index contributed by atoms with van der Waals surface area (Å²) in [5, 5.41) is 10.9. The number of rotatable bonds is 5. The molecule has 0 N–H and O–H groups in total. The second-order valence-corrected chi connectivity index (χ2v) is 3.67. The van der Waals surface area contributed by atoms with Crippen LogP contribution in [0.3, 0.4) is 0 Å². The van der Waals surface area contributed by atoms with Crippen LogP contribution in [-0.4, -0.2) is 18.0 Å². The van der Waals surface area contributed by atoms with Crippen molar-refractivity contribution >= 4 is 11.7 Å². The van der Waals surface area contributed by atoms with Crippen molar-refractivity contribution in [2.45, 2.75) is 26.4 Å². The molecule has 6 heteroatoms. The lowest BCUT2D eigenvalue weighted by molar-refractivity contribution is -0.386. The van der Waals surface area contributed by atoms with Crippen LogP contribution in [0.4, 0.5) is 5.69 Å². The number of methoxy groups -OCH3 is 1. The predicted octanol–water partition coefficient (Wildman–Crippen LogP) is 2.62. The Labute approximate surface area is 105 Å². The first-order valence-corrected chi connectivity index (χ1v) is 5.51. The van der Waals surface area contributed by atoms with Gasteiger partial charge in [0.25, 0.3) is 5.69 Å². The molecule has 0 radical (unpaired) electrons. The Morgan fingerprint density at radius 1 is 1.50 bits per heavy atom. The van der Waals surface area contributed by atoms with Gasteiger partial charge in [-0.1, -0.05) is 6.92 Å². The van der Waals surface area contributed by atoms with E-state index in [1.54, 1.807) is 13.8 Å². The van der Waals surface area contributed by atoms with Gasteiger partial charge in [0.2, 0.25) is 0 Å². The maximum atomic E-state index is 11.2. The van der Waals surface area contributed by atoms with Crippen LogP contribution in [0.25, 0.3) is 0 Å². The molecule has 0 aliphatic heterocycles. The molecule has 1 atom stereocenters. The number of carbonyl (C=O) groups is 1. The van der Waals surface area contributed by atoms with E-state index in [1.807, 2.05) is 0 Å². The van der Waals surface area contributed by atoms with Gasteiger partial charge < -0.3 is 9.47 Å². The van der Waals surface area contributed by atoms with Crippen LogP contribution in [0.5, 0.6) is 5.75 Å². The molecular formula is C12H15NO5. The highest BCUT2D eigenvalue weighted by Crippen LogP contribution is 2.31. The highest BCUT2D eigenvalue weighted by molar-refractivity contribution is 5.69. The first-order chi connectivity index (χ1) is 8.49. The molecule has 18 heavy (non-hydrogen) atoms. The fourth-order valence-corrected chi connectivity index (χ4v) is 1.50. The Bertz CT molecular complexity index is 458. The summed E-state index contributed by atoms with van der Waals surface area (Å²) < 4.78 is 10.1. The van der Waals surface area contributed by atoms with Gasteiger partial charge in [0.15, 0.2) is 0 Å². The zero-order chi connectivity index (χ0) is 13.7. The highest BCUT2D eigenvalue weighted by atomic mass is 16.6. The lowest BCUT2D eigenvalue weighted by atomic mass is 10.1. The second-order valence-electron chi connectivity index (χ2n) is 3.67. The van der Waals surface area contributed by atoms with Crippen LogP contribution in [-0.2, 0) is 9.53 Å². The predicted molar refractivity (Wildman–Crippen MR) is 64.4 cm³/mol. The van der Waals surface area contributed by atoms with Gasteiger partial charge in [-0.15, -0.1) is 0 Å². The van der Waals surface area contributed by atoms with Gasteiger partial charge in [0.05, 0.1) is 17.6 Å². The zero-order valence-electron chi connectivity index (χ0n) is 10.5. The summed E-state index contributed by atoms with van der Waals surface area (Å²) in [5.41, 5.74) is 0.230. The van der Waals surface area contributed by atoms with Gasteiger partial charge in [-0.2, -0.15) is 0 Å². The van der Waals surface area contributed by atoms with E-state index in [0.717, 1.165) is 0 Å². The van der Waals surface area contributed by atoms with Crippen LogP contribution in [0.1, 0.15) is 31.9 Å². The monoisotopic (exact) mass is 253 g/mol. The molecule has 1 rings (SSSR count). The van der Waals surface area contributed by atoms with Crippen LogP contribution < -0.4 is 4.74 Å². The molecule has 6 nitrogen and oxygen atoms in total. The third kappa shape index (κ3) is 3.19. The summed E-state index contributed by atoms with van der Waals surface area (Å²) in [5.74, 6) is 0.0783. The Balaban J connectivity index is 3.10. The molecule has 0 bridgehead atoms. The minimum atomic E-state index is -0.687. The first-order valence-electron chi connectivity index (χ1n) is 5.51. The van der Waals surface area contributed by atoms with Crippen molar-refractivity contribution in [1.82, 2.24) is 0 Å². The van der Waals surface area contributed by atoms with Crippen molar-refractivity contribution in [3.63, 3.8) is 0 Å². The largest absolute Gasteiger partial charge is 0.497 e. The van der Waals surface area contributed by atoms with Gasteiger partial charge >= 0.3 is 5.97 Å². The van der Waals surface area contributed by atoms with E-state index in [4.69, 9.17) is 9.47 Å². The quantitative estimate of drug-likeness (QED) is 0.458. The minimum absolute atomic E-state index is 0.0906. The molecule has 0 aromatic heterocycles. The molecule has 0 saturated heterocycles. The van der Waals surface area contributed by atoms with Crippen LogP contribution in [0.2, 0.25) is 0 Å². The van der Waals surface area contributed by atoms with Gasteiger partial charge in [0.1, 0.15) is 11.9 Å². The van der Waals surface area contributed by atoms with Crippen molar-refractivity contribution < 1.29 is 19.2 Å². The molecule has 1 unspecified atom stereocenters. The number of hydrogen-bond acceptors (Lipinski definition) is 5. The second kappa shape index (κ2) is 6.00. The minimum Gasteiger partial charge on any atom is -0.497 e. The van der Waals surface area contributed by atoms with Crippen LogP contribution in [0, 0.1) is 10.1 Å². The molecule has 1 aromatic rings. The molecule has 0 saturated carbocycles. The molecule has 1 aromatic carbocycles. The standard InChI is InChI=1S/C12H15NO5/c1-4-12(14)18-8(2)10-7-9(17-3)5-6-11(10)13(15)16/h5-8H,4H2,1-3H3. The maximum absolute atomic E-state index is 11.2. The molecule has 0 aliphatic rings. The normalized spacial score (nSPS) is 11.7. The van der Waals surface area contributed by atoms with Crippen molar-refractivity contribution in [2.75, 3.05) is 7.11 Å². The highest BCUT2D eigenvalue weighted by Gasteiger charge is 2.22. The molecule has 0 spiro atoms. The number of benzene rings is 1.